The molecule has 0 amide bonds. The molecule has 0 atom stereocenters. The van der Waals surface area contributed by atoms with E-state index in [9.17, 15) is 24.4 Å². The highest BCUT2D eigenvalue weighted by molar-refractivity contribution is 5.86. The molecule has 0 heterocycles. The average Bonchev–Trinajstić information content (AvgIpc) is 2.97. The van der Waals surface area contributed by atoms with Crippen molar-refractivity contribution in [1.29, 1.82) is 0 Å². The Labute approximate surface area is 94.5 Å². The SMILES string of the molecule is O=C(O)C1(c2cc([N+](=O)[O-])c(F)cc2O)CC1. The van der Waals surface area contributed by atoms with Crippen LogP contribution in [-0.4, -0.2) is 21.1 Å². The van der Waals surface area contributed by atoms with E-state index >= 15 is 0 Å². The number of carboxylic acids is 1. The summed E-state index contributed by atoms with van der Waals surface area (Å²) in [7, 11) is 0. The lowest BCUT2D eigenvalue weighted by atomic mass is 9.94. The van der Waals surface area contributed by atoms with Crippen molar-refractivity contribution in [3.63, 3.8) is 0 Å². The topological polar surface area (TPSA) is 101 Å². The predicted molar refractivity (Wildman–Crippen MR) is 53.3 cm³/mol. The van der Waals surface area contributed by atoms with Crippen LogP contribution in [0, 0.1) is 15.9 Å². The molecule has 0 saturated heterocycles. The van der Waals surface area contributed by atoms with Gasteiger partial charge in [-0.25, -0.2) is 0 Å². The number of carbonyl (C=O) groups is 1. The first-order valence-electron chi connectivity index (χ1n) is 4.79. The molecule has 0 aliphatic heterocycles. The Morgan fingerprint density at radius 1 is 1.47 bits per heavy atom. The summed E-state index contributed by atoms with van der Waals surface area (Å²) in [5, 5.41) is 29.0. The number of nitro benzene ring substituents is 1. The molecular formula is C10H8FNO5. The Morgan fingerprint density at radius 3 is 2.47 bits per heavy atom. The highest BCUT2D eigenvalue weighted by Crippen LogP contribution is 2.52. The maximum Gasteiger partial charge on any atom is 0.314 e. The summed E-state index contributed by atoms with van der Waals surface area (Å²) < 4.78 is 13.1. The number of phenolic OH excluding ortho intramolecular Hbond substituents is 1. The summed E-state index contributed by atoms with van der Waals surface area (Å²) in [6.45, 7) is 0. The molecule has 2 N–H and O–H groups in total. The Morgan fingerprint density at radius 2 is 2.06 bits per heavy atom. The van der Waals surface area contributed by atoms with Gasteiger partial charge in [-0.05, 0) is 12.8 Å². The number of carboxylic acid groups (broad SMARTS) is 1. The van der Waals surface area contributed by atoms with Gasteiger partial charge in [-0.3, -0.25) is 14.9 Å². The van der Waals surface area contributed by atoms with E-state index in [4.69, 9.17) is 5.11 Å². The Balaban J connectivity index is 2.59. The van der Waals surface area contributed by atoms with Gasteiger partial charge >= 0.3 is 11.7 Å². The highest BCUT2D eigenvalue weighted by Gasteiger charge is 2.54. The van der Waals surface area contributed by atoms with Gasteiger partial charge in [0.25, 0.3) is 0 Å². The number of phenols is 1. The number of nitrogens with zero attached hydrogens (tertiary/aromatic N) is 1. The molecule has 1 aromatic carbocycles. The van der Waals surface area contributed by atoms with E-state index in [1.807, 2.05) is 0 Å². The largest absolute Gasteiger partial charge is 0.508 e. The maximum atomic E-state index is 13.1. The van der Waals surface area contributed by atoms with Crippen LogP contribution in [-0.2, 0) is 10.2 Å². The van der Waals surface area contributed by atoms with Crippen molar-refractivity contribution in [2.45, 2.75) is 18.3 Å². The van der Waals surface area contributed by atoms with Gasteiger partial charge in [-0.2, -0.15) is 4.39 Å². The van der Waals surface area contributed by atoms with Crippen LogP contribution < -0.4 is 0 Å². The number of nitro groups is 1. The van der Waals surface area contributed by atoms with E-state index < -0.39 is 33.6 Å². The molecule has 0 spiro atoms. The van der Waals surface area contributed by atoms with Crippen LogP contribution in [0.4, 0.5) is 10.1 Å². The zero-order chi connectivity index (χ0) is 12.8. The molecule has 0 unspecified atom stereocenters. The second-order valence-electron chi connectivity index (χ2n) is 3.97. The number of halogens is 1. The lowest BCUT2D eigenvalue weighted by molar-refractivity contribution is -0.387. The van der Waals surface area contributed by atoms with Gasteiger partial charge in [0.15, 0.2) is 0 Å². The van der Waals surface area contributed by atoms with Crippen LogP contribution in [0.25, 0.3) is 0 Å². The number of rotatable bonds is 3. The summed E-state index contributed by atoms with van der Waals surface area (Å²) in [4.78, 5) is 20.6. The maximum absolute atomic E-state index is 13.1. The lowest BCUT2D eigenvalue weighted by Crippen LogP contribution is -2.20. The molecule has 0 aromatic heterocycles. The van der Waals surface area contributed by atoms with Crippen molar-refractivity contribution < 1.29 is 24.3 Å². The van der Waals surface area contributed by atoms with Gasteiger partial charge in [-0.15, -0.1) is 0 Å². The van der Waals surface area contributed by atoms with Gasteiger partial charge in [0.2, 0.25) is 5.82 Å². The van der Waals surface area contributed by atoms with E-state index in [1.165, 1.54) is 0 Å². The quantitative estimate of drug-likeness (QED) is 0.617. The van der Waals surface area contributed by atoms with Crippen molar-refractivity contribution in [3.05, 3.63) is 33.6 Å². The Hall–Kier alpha value is -2.18. The molecule has 7 heteroatoms. The second kappa shape index (κ2) is 3.41. The summed E-state index contributed by atoms with van der Waals surface area (Å²) in [6, 6.07) is 1.38. The van der Waals surface area contributed by atoms with Crippen LogP contribution in [0.3, 0.4) is 0 Å². The van der Waals surface area contributed by atoms with Crippen LogP contribution >= 0.6 is 0 Å². The van der Waals surface area contributed by atoms with Gasteiger partial charge in [0.1, 0.15) is 5.75 Å². The van der Waals surface area contributed by atoms with Crippen molar-refractivity contribution in [1.82, 2.24) is 0 Å². The molecule has 0 radical (unpaired) electrons. The van der Waals surface area contributed by atoms with Gasteiger partial charge in [0, 0.05) is 17.7 Å². The third-order valence-corrected chi connectivity index (χ3v) is 2.94. The first-order chi connectivity index (χ1) is 7.88. The molecule has 0 bridgehead atoms. The van der Waals surface area contributed by atoms with E-state index in [1.54, 1.807) is 0 Å². The molecule has 90 valence electrons. The normalized spacial score (nSPS) is 16.5. The minimum Gasteiger partial charge on any atom is -0.508 e. The van der Waals surface area contributed by atoms with Gasteiger partial charge < -0.3 is 10.2 Å². The lowest BCUT2D eigenvalue weighted by Gasteiger charge is -2.11. The molecule has 1 aliphatic rings. The molecule has 6 nitrogen and oxygen atoms in total. The molecule has 2 rings (SSSR count). The Bertz CT molecular complexity index is 524. The van der Waals surface area contributed by atoms with Gasteiger partial charge in [0.05, 0.1) is 10.3 Å². The molecule has 1 fully saturated rings. The molecule has 1 aromatic rings. The monoisotopic (exact) mass is 241 g/mol. The third kappa shape index (κ3) is 1.59. The number of hydrogen-bond acceptors (Lipinski definition) is 4. The van der Waals surface area contributed by atoms with Crippen LogP contribution in [0.2, 0.25) is 0 Å². The predicted octanol–water partition coefficient (Wildman–Crippen LogP) is 1.56. The number of hydrogen-bond donors (Lipinski definition) is 2. The van der Waals surface area contributed by atoms with Crippen molar-refractivity contribution in [2.75, 3.05) is 0 Å². The first kappa shape index (κ1) is 11.3. The first-order valence-corrected chi connectivity index (χ1v) is 4.79. The Kier molecular flexibility index (Phi) is 2.27. The number of benzene rings is 1. The minimum atomic E-state index is -1.30. The van der Waals surface area contributed by atoms with E-state index in [2.05, 4.69) is 0 Å². The van der Waals surface area contributed by atoms with Gasteiger partial charge in [-0.1, -0.05) is 0 Å². The summed E-state index contributed by atoms with van der Waals surface area (Å²) in [5.41, 5.74) is -2.23. The standard InChI is InChI=1S/C10H8FNO5/c11-6-4-8(13)5(3-7(6)12(16)17)10(1-2-10)9(14)15/h3-4,13H,1-2H2,(H,14,15). The van der Waals surface area contributed by atoms with Crippen molar-refractivity contribution >= 4 is 11.7 Å². The van der Waals surface area contributed by atoms with Crippen molar-refractivity contribution in [3.8, 4) is 5.75 Å². The highest BCUT2D eigenvalue weighted by atomic mass is 19.1. The number of aromatic hydroxyl groups is 1. The fourth-order valence-electron chi connectivity index (χ4n) is 1.80. The smallest absolute Gasteiger partial charge is 0.314 e. The van der Waals surface area contributed by atoms with E-state index in [0.717, 1.165) is 6.07 Å². The fourth-order valence-corrected chi connectivity index (χ4v) is 1.80. The second-order valence-corrected chi connectivity index (χ2v) is 3.97. The summed E-state index contributed by atoms with van der Waals surface area (Å²) in [5.74, 6) is -2.92. The van der Waals surface area contributed by atoms with Crippen LogP contribution in [0.1, 0.15) is 18.4 Å². The molecule has 17 heavy (non-hydrogen) atoms. The zero-order valence-corrected chi connectivity index (χ0v) is 8.51. The third-order valence-electron chi connectivity index (χ3n) is 2.94. The van der Waals surface area contributed by atoms with E-state index in [0.29, 0.717) is 6.07 Å². The van der Waals surface area contributed by atoms with E-state index in [-0.39, 0.29) is 18.4 Å². The van der Waals surface area contributed by atoms with Crippen LogP contribution in [0.15, 0.2) is 12.1 Å². The van der Waals surface area contributed by atoms with Crippen molar-refractivity contribution in [2.24, 2.45) is 0 Å². The summed E-state index contributed by atoms with van der Waals surface area (Å²) >= 11 is 0. The average molecular weight is 241 g/mol. The molecular weight excluding hydrogens is 233 g/mol. The number of aliphatic carboxylic acids is 1. The van der Waals surface area contributed by atoms with Crippen LogP contribution in [0.5, 0.6) is 5.75 Å². The summed E-state index contributed by atoms with van der Waals surface area (Å²) in [6.07, 6.45) is 0.553. The zero-order valence-electron chi connectivity index (χ0n) is 8.51. The fraction of sp³-hybridized carbons (Fsp3) is 0.300. The molecule has 1 aliphatic carbocycles. The molecule has 1 saturated carbocycles. The minimum absolute atomic E-state index is 0.0990.